The quantitative estimate of drug-likeness (QED) is 0.670. The van der Waals surface area contributed by atoms with Crippen molar-refractivity contribution in [2.45, 2.75) is 12.3 Å². The number of halogens is 2. The largest absolute Gasteiger partial charge is 0.294 e. The van der Waals surface area contributed by atoms with Crippen LogP contribution in [0.4, 0.5) is 0 Å². The monoisotopic (exact) mass is 378 g/mol. The SMILES string of the molecule is O=C(c1ccc(Br)cc1Br)C1CC1c1ccccc1. The highest BCUT2D eigenvalue weighted by Gasteiger charge is 2.44. The second-order valence-electron chi connectivity index (χ2n) is 4.85. The first-order valence-electron chi connectivity index (χ1n) is 6.21. The van der Waals surface area contributed by atoms with Crippen LogP contribution in [0.3, 0.4) is 0 Å². The molecule has 2 aromatic rings. The summed E-state index contributed by atoms with van der Waals surface area (Å²) in [5.74, 6) is 0.775. The van der Waals surface area contributed by atoms with Crippen LogP contribution in [-0.2, 0) is 0 Å². The van der Waals surface area contributed by atoms with Crippen LogP contribution in [-0.4, -0.2) is 5.78 Å². The van der Waals surface area contributed by atoms with E-state index in [0.717, 1.165) is 20.9 Å². The van der Waals surface area contributed by atoms with Gasteiger partial charge in [0.25, 0.3) is 0 Å². The standard InChI is InChI=1S/C16H12Br2O/c17-11-6-7-12(15(18)8-11)16(19)14-9-13(14)10-4-2-1-3-5-10/h1-8,13-14H,9H2. The van der Waals surface area contributed by atoms with Crippen molar-refractivity contribution >= 4 is 37.6 Å². The zero-order chi connectivity index (χ0) is 13.4. The van der Waals surface area contributed by atoms with Gasteiger partial charge >= 0.3 is 0 Å². The summed E-state index contributed by atoms with van der Waals surface area (Å²) in [6.45, 7) is 0. The summed E-state index contributed by atoms with van der Waals surface area (Å²) in [6.07, 6.45) is 0.964. The molecule has 2 atom stereocenters. The van der Waals surface area contributed by atoms with Crippen LogP contribution in [0.15, 0.2) is 57.5 Å². The Hall–Kier alpha value is -0.930. The first-order valence-corrected chi connectivity index (χ1v) is 7.79. The average Bonchev–Trinajstić information content (AvgIpc) is 3.19. The molecule has 3 heteroatoms. The number of hydrogen-bond donors (Lipinski definition) is 0. The van der Waals surface area contributed by atoms with E-state index in [0.29, 0.717) is 5.92 Å². The van der Waals surface area contributed by atoms with Crippen LogP contribution in [0.5, 0.6) is 0 Å². The zero-order valence-electron chi connectivity index (χ0n) is 10.1. The van der Waals surface area contributed by atoms with E-state index in [-0.39, 0.29) is 11.7 Å². The summed E-state index contributed by atoms with van der Waals surface area (Å²) < 4.78 is 1.84. The molecule has 0 bridgehead atoms. The van der Waals surface area contributed by atoms with Gasteiger partial charge in [0.2, 0.25) is 0 Å². The molecule has 1 saturated carbocycles. The molecule has 0 heterocycles. The molecule has 0 amide bonds. The maximum atomic E-state index is 12.5. The molecule has 0 N–H and O–H groups in total. The Balaban J connectivity index is 1.80. The van der Waals surface area contributed by atoms with Crippen molar-refractivity contribution in [2.75, 3.05) is 0 Å². The molecule has 1 fully saturated rings. The number of carbonyl (C=O) groups excluding carboxylic acids is 1. The van der Waals surface area contributed by atoms with E-state index in [9.17, 15) is 4.79 Å². The van der Waals surface area contributed by atoms with Crippen molar-refractivity contribution in [3.63, 3.8) is 0 Å². The van der Waals surface area contributed by atoms with Crippen LogP contribution in [0.2, 0.25) is 0 Å². The van der Waals surface area contributed by atoms with Crippen LogP contribution >= 0.6 is 31.9 Å². The molecule has 1 aliphatic carbocycles. The third-order valence-electron chi connectivity index (χ3n) is 3.55. The minimum absolute atomic E-state index is 0.139. The fourth-order valence-electron chi connectivity index (χ4n) is 2.44. The van der Waals surface area contributed by atoms with Crippen molar-refractivity contribution in [2.24, 2.45) is 5.92 Å². The Morgan fingerprint density at radius 1 is 1.05 bits per heavy atom. The van der Waals surface area contributed by atoms with Gasteiger partial charge in [0.05, 0.1) is 0 Å². The Morgan fingerprint density at radius 3 is 2.47 bits per heavy atom. The lowest BCUT2D eigenvalue weighted by atomic mass is 10.0. The van der Waals surface area contributed by atoms with Gasteiger partial charge < -0.3 is 0 Å². The summed E-state index contributed by atoms with van der Waals surface area (Å²) >= 11 is 6.87. The summed E-state index contributed by atoms with van der Waals surface area (Å²) in [4.78, 5) is 12.5. The van der Waals surface area contributed by atoms with Crippen LogP contribution in [0.1, 0.15) is 28.3 Å². The summed E-state index contributed by atoms with van der Waals surface area (Å²) in [7, 11) is 0. The number of ketones is 1. The molecule has 1 aliphatic rings. The molecule has 0 aromatic heterocycles. The van der Waals surface area contributed by atoms with Crippen molar-refractivity contribution in [3.05, 3.63) is 68.6 Å². The molecule has 2 unspecified atom stereocenters. The van der Waals surface area contributed by atoms with Crippen molar-refractivity contribution in [3.8, 4) is 0 Å². The third-order valence-corrected chi connectivity index (χ3v) is 4.70. The molecule has 3 rings (SSSR count). The van der Waals surface area contributed by atoms with Crippen molar-refractivity contribution < 1.29 is 4.79 Å². The molecule has 0 radical (unpaired) electrons. The van der Waals surface area contributed by atoms with Gasteiger partial charge in [0, 0.05) is 20.4 Å². The van der Waals surface area contributed by atoms with E-state index in [4.69, 9.17) is 0 Å². The molecule has 0 aliphatic heterocycles. The van der Waals surface area contributed by atoms with Gasteiger partial charge in [-0.3, -0.25) is 4.79 Å². The number of Topliss-reactive ketones (excluding diaryl/α,β-unsaturated/α-hetero) is 1. The number of carbonyl (C=O) groups is 1. The van der Waals surface area contributed by atoms with E-state index in [1.807, 2.05) is 36.4 Å². The molecule has 19 heavy (non-hydrogen) atoms. The number of benzene rings is 2. The Kier molecular flexibility index (Phi) is 3.59. The Labute approximate surface area is 129 Å². The van der Waals surface area contributed by atoms with E-state index < -0.39 is 0 Å². The molecule has 1 nitrogen and oxygen atoms in total. The summed E-state index contributed by atoms with van der Waals surface area (Å²) in [5.41, 5.74) is 2.06. The van der Waals surface area contributed by atoms with Gasteiger partial charge in [-0.1, -0.05) is 62.2 Å². The van der Waals surface area contributed by atoms with Gasteiger partial charge in [0.1, 0.15) is 0 Å². The predicted octanol–water partition coefficient (Wildman–Crippen LogP) is 5.20. The van der Waals surface area contributed by atoms with Gasteiger partial charge in [0.15, 0.2) is 5.78 Å². The third kappa shape index (κ3) is 2.67. The fourth-order valence-corrected chi connectivity index (χ4v) is 3.68. The van der Waals surface area contributed by atoms with Gasteiger partial charge in [-0.25, -0.2) is 0 Å². The van der Waals surface area contributed by atoms with E-state index in [1.54, 1.807) is 0 Å². The molecule has 0 saturated heterocycles. The average molecular weight is 380 g/mol. The van der Waals surface area contributed by atoms with Gasteiger partial charge in [-0.15, -0.1) is 0 Å². The minimum atomic E-state index is 0.139. The van der Waals surface area contributed by atoms with Crippen LogP contribution < -0.4 is 0 Å². The number of rotatable bonds is 3. The van der Waals surface area contributed by atoms with E-state index >= 15 is 0 Å². The first kappa shape index (κ1) is 13.1. The Bertz CT molecular complexity index is 622. The lowest BCUT2D eigenvalue weighted by molar-refractivity contribution is 0.0964. The topological polar surface area (TPSA) is 17.1 Å². The van der Waals surface area contributed by atoms with E-state index in [1.165, 1.54) is 5.56 Å². The predicted molar refractivity (Wildman–Crippen MR) is 83.5 cm³/mol. The highest BCUT2D eigenvalue weighted by Crippen LogP contribution is 2.49. The zero-order valence-corrected chi connectivity index (χ0v) is 13.3. The number of hydrogen-bond acceptors (Lipinski definition) is 1. The lowest BCUT2D eigenvalue weighted by Gasteiger charge is -2.04. The van der Waals surface area contributed by atoms with Crippen molar-refractivity contribution in [1.29, 1.82) is 0 Å². The van der Waals surface area contributed by atoms with Crippen LogP contribution in [0.25, 0.3) is 0 Å². The van der Waals surface area contributed by atoms with Crippen molar-refractivity contribution in [1.82, 2.24) is 0 Å². The fraction of sp³-hybridized carbons (Fsp3) is 0.188. The van der Waals surface area contributed by atoms with Crippen LogP contribution in [0, 0.1) is 5.92 Å². The second-order valence-corrected chi connectivity index (χ2v) is 6.62. The highest BCUT2D eigenvalue weighted by molar-refractivity contribution is 9.11. The molecule has 2 aromatic carbocycles. The Morgan fingerprint density at radius 2 is 1.79 bits per heavy atom. The maximum absolute atomic E-state index is 12.5. The molecular formula is C16H12Br2O. The van der Waals surface area contributed by atoms with Gasteiger partial charge in [-0.05, 0) is 36.1 Å². The normalized spacial score (nSPS) is 21.2. The van der Waals surface area contributed by atoms with E-state index in [2.05, 4.69) is 44.0 Å². The lowest BCUT2D eigenvalue weighted by Crippen LogP contribution is -2.04. The molecular weight excluding hydrogens is 368 g/mol. The maximum Gasteiger partial charge on any atom is 0.167 e. The molecule has 0 spiro atoms. The summed E-state index contributed by atoms with van der Waals surface area (Å²) in [6, 6.07) is 16.0. The molecule has 96 valence electrons. The smallest absolute Gasteiger partial charge is 0.167 e. The summed E-state index contributed by atoms with van der Waals surface area (Å²) in [5, 5.41) is 0. The second kappa shape index (κ2) is 5.22. The first-order chi connectivity index (χ1) is 9.16. The highest BCUT2D eigenvalue weighted by atomic mass is 79.9. The minimum Gasteiger partial charge on any atom is -0.294 e. The van der Waals surface area contributed by atoms with Gasteiger partial charge in [-0.2, -0.15) is 0 Å².